The Morgan fingerprint density at radius 2 is 1.66 bits per heavy atom. The topological polar surface area (TPSA) is 162 Å². The quantitative estimate of drug-likeness (QED) is 0.0651. The minimum absolute atomic E-state index is 0.206. The summed E-state index contributed by atoms with van der Waals surface area (Å²) in [5, 5.41) is 21.2. The predicted molar refractivity (Wildman–Crippen MR) is 171 cm³/mol. The van der Waals surface area contributed by atoms with Crippen LogP contribution in [0.15, 0.2) is 79.1 Å². The molecule has 1 aromatic heterocycles. The lowest BCUT2D eigenvalue weighted by Gasteiger charge is -2.35. The van der Waals surface area contributed by atoms with E-state index in [0.717, 1.165) is 17.8 Å². The summed E-state index contributed by atoms with van der Waals surface area (Å²) >= 11 is 1.11. The number of hydrogen-bond acceptors (Lipinski definition) is 10. The van der Waals surface area contributed by atoms with Gasteiger partial charge < -0.3 is 31.0 Å². The molecule has 0 radical (unpaired) electrons. The minimum atomic E-state index is -0.966. The molecule has 236 valence electrons. The lowest BCUT2D eigenvalue weighted by Crippen LogP contribution is -2.53. The predicted octanol–water partition coefficient (Wildman–Crippen LogP) is 2.05. The Morgan fingerprint density at radius 1 is 0.955 bits per heavy atom. The van der Waals surface area contributed by atoms with Gasteiger partial charge in [-0.25, -0.2) is 5.01 Å². The molecule has 6 N–H and O–H groups in total. The van der Waals surface area contributed by atoms with Gasteiger partial charge in [0.25, 0.3) is 5.91 Å². The molecule has 0 aliphatic carbocycles. The second-order valence-electron chi connectivity index (χ2n) is 10.6. The highest BCUT2D eigenvalue weighted by atomic mass is 32.2. The summed E-state index contributed by atoms with van der Waals surface area (Å²) in [5.41, 5.74) is 7.65. The molecule has 2 aromatic carbocycles. The van der Waals surface area contributed by atoms with Crippen LogP contribution in [-0.4, -0.2) is 82.6 Å². The number of anilines is 1. The monoisotopic (exact) mass is 623 g/mol. The third-order valence-corrected chi connectivity index (χ3v) is 7.10. The van der Waals surface area contributed by atoms with Crippen LogP contribution in [0.4, 0.5) is 5.69 Å². The maximum absolute atomic E-state index is 12.9. The van der Waals surface area contributed by atoms with Gasteiger partial charge in [0.2, 0.25) is 11.8 Å². The van der Waals surface area contributed by atoms with E-state index in [-0.39, 0.29) is 25.6 Å². The number of aliphatic hydroxyl groups excluding tert-OH is 1. The zero-order valence-corrected chi connectivity index (χ0v) is 26.0. The largest absolute Gasteiger partial charge is 0.409 e. The first-order valence-electron chi connectivity index (χ1n) is 14.3. The van der Waals surface area contributed by atoms with Crippen molar-refractivity contribution in [3.63, 3.8) is 0 Å². The van der Waals surface area contributed by atoms with Gasteiger partial charge in [-0.3, -0.25) is 19.4 Å². The van der Waals surface area contributed by atoms with Crippen molar-refractivity contribution in [2.45, 2.75) is 32.4 Å². The molecular weight excluding hydrogens is 582 g/mol. The van der Waals surface area contributed by atoms with Crippen molar-refractivity contribution in [1.82, 2.24) is 30.4 Å². The maximum Gasteiger partial charge on any atom is 0.253 e. The number of aromatic nitrogens is 1. The van der Waals surface area contributed by atoms with E-state index in [1.807, 2.05) is 42.4 Å². The normalized spacial score (nSPS) is 12.5. The van der Waals surface area contributed by atoms with Gasteiger partial charge in [-0.05, 0) is 54.3 Å². The zero-order valence-electron chi connectivity index (χ0n) is 25.2. The number of nitrogens with one attached hydrogen (secondary N) is 3. The number of rotatable bonds is 17. The fourth-order valence-corrected chi connectivity index (χ4v) is 4.68. The molecule has 44 heavy (non-hydrogen) atoms. The number of benzene rings is 2. The van der Waals surface area contributed by atoms with Gasteiger partial charge >= 0.3 is 0 Å². The van der Waals surface area contributed by atoms with Gasteiger partial charge in [0.05, 0.1) is 30.8 Å². The highest BCUT2D eigenvalue weighted by molar-refractivity contribution is 7.92. The molecule has 12 nitrogen and oxygen atoms in total. The molecule has 1 heterocycles. The lowest BCUT2D eigenvalue weighted by molar-refractivity contribution is -0.126. The number of nitrogens with zero attached hydrogens (tertiary/aromatic N) is 3. The van der Waals surface area contributed by atoms with Crippen LogP contribution in [0.2, 0.25) is 0 Å². The van der Waals surface area contributed by atoms with Crippen molar-refractivity contribution in [1.29, 1.82) is 0 Å². The van der Waals surface area contributed by atoms with Gasteiger partial charge in [-0.2, -0.15) is 4.41 Å². The SMILES string of the molecule is CC(C)CN(CC(O)C(Cc1ccccc1)NC(=O)CNC(=O)CNC(=O)c1cccnc1)N(C)SOc1ccc(N)cc1. The van der Waals surface area contributed by atoms with E-state index in [1.165, 1.54) is 6.20 Å². The van der Waals surface area contributed by atoms with Crippen LogP contribution in [0.5, 0.6) is 5.75 Å². The van der Waals surface area contributed by atoms with Crippen molar-refractivity contribution in [3.8, 4) is 5.75 Å². The van der Waals surface area contributed by atoms with Crippen LogP contribution in [0.25, 0.3) is 0 Å². The summed E-state index contributed by atoms with van der Waals surface area (Å²) in [6.45, 7) is 4.35. The second-order valence-corrected chi connectivity index (χ2v) is 11.4. The van der Waals surface area contributed by atoms with E-state index < -0.39 is 29.9 Å². The molecule has 0 spiro atoms. The van der Waals surface area contributed by atoms with Crippen LogP contribution < -0.4 is 25.9 Å². The number of nitrogens with two attached hydrogens (primary N) is 1. The Bertz CT molecular complexity index is 1320. The van der Waals surface area contributed by atoms with Crippen molar-refractivity contribution >= 4 is 35.6 Å². The van der Waals surface area contributed by atoms with Gasteiger partial charge in [0, 0.05) is 38.2 Å². The Balaban J connectivity index is 1.59. The second kappa shape index (κ2) is 17.8. The Labute approximate surface area is 262 Å². The zero-order chi connectivity index (χ0) is 31.9. The number of carbonyl (C=O) groups is 3. The van der Waals surface area contributed by atoms with Crippen LogP contribution in [0.3, 0.4) is 0 Å². The summed E-state index contributed by atoms with van der Waals surface area (Å²) in [6.07, 6.45) is 2.34. The van der Waals surface area contributed by atoms with E-state index in [4.69, 9.17) is 9.92 Å². The molecule has 3 aromatic rings. The molecule has 2 unspecified atom stereocenters. The smallest absolute Gasteiger partial charge is 0.253 e. The summed E-state index contributed by atoms with van der Waals surface area (Å²) in [6, 6.07) is 19.1. The van der Waals surface area contributed by atoms with E-state index >= 15 is 0 Å². The first kappa shape index (κ1) is 34.3. The van der Waals surface area contributed by atoms with Gasteiger partial charge in [-0.15, -0.1) is 0 Å². The van der Waals surface area contributed by atoms with Gasteiger partial charge in [0.15, 0.2) is 12.2 Å². The van der Waals surface area contributed by atoms with Crippen LogP contribution in [0, 0.1) is 5.92 Å². The molecule has 3 rings (SSSR count). The van der Waals surface area contributed by atoms with Gasteiger partial charge in [0.1, 0.15) is 5.75 Å². The fraction of sp³-hybridized carbons (Fsp3) is 0.355. The molecule has 13 heteroatoms. The van der Waals surface area contributed by atoms with Crippen molar-refractivity contribution in [2.75, 3.05) is 39.0 Å². The van der Waals surface area contributed by atoms with Gasteiger partial charge in [-0.1, -0.05) is 44.2 Å². The molecule has 0 saturated carbocycles. The summed E-state index contributed by atoms with van der Waals surface area (Å²) in [5.74, 6) is -0.536. The van der Waals surface area contributed by atoms with Crippen LogP contribution >= 0.6 is 12.2 Å². The van der Waals surface area contributed by atoms with E-state index in [9.17, 15) is 19.5 Å². The Kier molecular flexibility index (Phi) is 13.9. The standard InChI is InChI=1S/C31H41N7O5S/c1-22(2)20-38(37(3)44-43-26-13-11-25(32)12-14-26)21-28(39)27(16-23-8-5-4-6-9-23)36-30(41)19-34-29(40)18-35-31(42)24-10-7-15-33-17-24/h4-15,17,22,27-28,39H,16,18-21,32H2,1-3H3,(H,34,40)(H,35,42)(H,36,41). The highest BCUT2D eigenvalue weighted by Crippen LogP contribution is 2.22. The minimum Gasteiger partial charge on any atom is -0.409 e. The molecule has 2 atom stereocenters. The molecule has 0 aliphatic rings. The number of nitrogen functional groups attached to an aromatic ring is 1. The lowest BCUT2D eigenvalue weighted by atomic mass is 10.0. The third kappa shape index (κ3) is 12.2. The van der Waals surface area contributed by atoms with E-state index in [2.05, 4.69) is 34.8 Å². The Morgan fingerprint density at radius 3 is 2.32 bits per heavy atom. The molecule has 0 fully saturated rings. The third-order valence-electron chi connectivity index (χ3n) is 6.38. The number of hydrazine groups is 1. The number of aliphatic hydroxyl groups is 1. The van der Waals surface area contributed by atoms with Crippen molar-refractivity contribution in [2.24, 2.45) is 5.92 Å². The summed E-state index contributed by atoms with van der Waals surface area (Å²) < 4.78 is 7.63. The van der Waals surface area contributed by atoms with Crippen LogP contribution in [-0.2, 0) is 16.0 Å². The van der Waals surface area contributed by atoms with E-state index in [0.29, 0.717) is 30.0 Å². The molecule has 0 bridgehead atoms. The highest BCUT2D eigenvalue weighted by Gasteiger charge is 2.27. The molecule has 0 aliphatic heterocycles. The summed E-state index contributed by atoms with van der Waals surface area (Å²) in [7, 11) is 1.84. The first-order chi connectivity index (χ1) is 21.1. The Hall–Kier alpha value is -4.17. The van der Waals surface area contributed by atoms with E-state index in [1.54, 1.807) is 47.0 Å². The number of pyridine rings is 1. The first-order valence-corrected chi connectivity index (χ1v) is 15.0. The average Bonchev–Trinajstić information content (AvgIpc) is 3.02. The number of amides is 3. The summed E-state index contributed by atoms with van der Waals surface area (Å²) in [4.78, 5) is 41.2. The van der Waals surface area contributed by atoms with Crippen molar-refractivity contribution in [3.05, 3.63) is 90.3 Å². The van der Waals surface area contributed by atoms with Crippen LogP contribution in [0.1, 0.15) is 29.8 Å². The number of hydrogen-bond donors (Lipinski definition) is 5. The maximum atomic E-state index is 12.9. The average molecular weight is 624 g/mol. The van der Waals surface area contributed by atoms with Crippen molar-refractivity contribution < 1.29 is 23.7 Å². The fourth-order valence-electron chi connectivity index (χ4n) is 4.15. The molecule has 3 amide bonds. The molecular formula is C31H41N7O5S. The number of carbonyl (C=O) groups excluding carboxylic acids is 3. The molecule has 0 saturated heterocycles.